The molecule has 0 saturated carbocycles. The fraction of sp³-hybridized carbons (Fsp3) is 0.385. The zero-order valence-corrected chi connectivity index (χ0v) is 11.7. The molecule has 1 aromatic rings. The van der Waals surface area contributed by atoms with Crippen LogP contribution in [0, 0.1) is 0 Å². The Morgan fingerprint density at radius 3 is 2.70 bits per heavy atom. The van der Waals surface area contributed by atoms with Crippen molar-refractivity contribution in [2.45, 2.75) is 25.7 Å². The molecule has 6 nitrogen and oxygen atoms in total. The standard InChI is InChI=1S/C13H14ClNO5/c1-13(2)19-9-5-3-4-7(11(9)20-13)10(8(16)6-14)15-12(17)18/h3-5,10,15H,6H2,1-2H3,(H,17,18). The molecule has 108 valence electrons. The maximum absolute atomic E-state index is 11.9. The highest BCUT2D eigenvalue weighted by Crippen LogP contribution is 2.43. The number of nitrogens with one attached hydrogen (secondary N) is 1. The number of ether oxygens (including phenoxy) is 2. The monoisotopic (exact) mass is 299 g/mol. The van der Waals surface area contributed by atoms with Gasteiger partial charge in [-0.15, -0.1) is 11.6 Å². The van der Waals surface area contributed by atoms with Gasteiger partial charge in [0.25, 0.3) is 0 Å². The fourth-order valence-corrected chi connectivity index (χ4v) is 2.17. The van der Waals surface area contributed by atoms with Crippen LogP contribution in [0.3, 0.4) is 0 Å². The Kier molecular flexibility index (Phi) is 3.76. The summed E-state index contributed by atoms with van der Waals surface area (Å²) in [4.78, 5) is 22.7. The third kappa shape index (κ3) is 2.80. The number of halogens is 1. The van der Waals surface area contributed by atoms with Crippen molar-refractivity contribution < 1.29 is 24.2 Å². The maximum Gasteiger partial charge on any atom is 0.405 e. The van der Waals surface area contributed by atoms with Crippen LogP contribution < -0.4 is 14.8 Å². The van der Waals surface area contributed by atoms with Crippen LogP contribution in [0.4, 0.5) is 4.79 Å². The van der Waals surface area contributed by atoms with Gasteiger partial charge in [-0.1, -0.05) is 12.1 Å². The van der Waals surface area contributed by atoms with Crippen molar-refractivity contribution in [3.8, 4) is 11.5 Å². The van der Waals surface area contributed by atoms with E-state index in [-0.39, 0.29) is 5.88 Å². The summed E-state index contributed by atoms with van der Waals surface area (Å²) < 4.78 is 11.2. The minimum Gasteiger partial charge on any atom is -0.465 e. The summed E-state index contributed by atoms with van der Waals surface area (Å²) in [5, 5.41) is 11.0. The largest absolute Gasteiger partial charge is 0.465 e. The highest BCUT2D eigenvalue weighted by molar-refractivity contribution is 6.28. The molecule has 0 radical (unpaired) electrons. The molecular formula is C13H14ClNO5. The van der Waals surface area contributed by atoms with Gasteiger partial charge in [0.15, 0.2) is 17.3 Å². The van der Waals surface area contributed by atoms with Gasteiger partial charge in [-0.05, 0) is 6.07 Å². The Bertz CT molecular complexity index is 558. The summed E-state index contributed by atoms with van der Waals surface area (Å²) >= 11 is 5.53. The lowest BCUT2D eigenvalue weighted by molar-refractivity contribution is -0.118. The van der Waals surface area contributed by atoms with Gasteiger partial charge in [0.1, 0.15) is 6.04 Å². The first-order valence-corrected chi connectivity index (χ1v) is 6.46. The first kappa shape index (κ1) is 14.5. The fourth-order valence-electron chi connectivity index (χ4n) is 2.01. The van der Waals surface area contributed by atoms with Gasteiger partial charge in [0.2, 0.25) is 5.79 Å². The van der Waals surface area contributed by atoms with E-state index < -0.39 is 23.7 Å². The van der Waals surface area contributed by atoms with Crippen LogP contribution in [0.15, 0.2) is 18.2 Å². The molecule has 1 aliphatic heterocycles. The Morgan fingerprint density at radius 1 is 1.40 bits per heavy atom. The quantitative estimate of drug-likeness (QED) is 0.833. The normalized spacial score (nSPS) is 16.6. The van der Waals surface area contributed by atoms with E-state index in [0.29, 0.717) is 17.1 Å². The first-order chi connectivity index (χ1) is 9.34. The molecule has 0 bridgehead atoms. The molecule has 1 atom stereocenters. The summed E-state index contributed by atoms with van der Waals surface area (Å²) in [5.41, 5.74) is 0.390. The third-order valence-electron chi connectivity index (χ3n) is 2.75. The number of benzene rings is 1. The third-order valence-corrected chi connectivity index (χ3v) is 3.01. The number of carboxylic acid groups (broad SMARTS) is 1. The van der Waals surface area contributed by atoms with E-state index >= 15 is 0 Å². The topological polar surface area (TPSA) is 84.9 Å². The minimum atomic E-state index is -1.32. The molecule has 0 spiro atoms. The second kappa shape index (κ2) is 5.20. The van der Waals surface area contributed by atoms with Gasteiger partial charge in [-0.2, -0.15) is 0 Å². The van der Waals surface area contributed by atoms with Crippen molar-refractivity contribution in [2.24, 2.45) is 0 Å². The summed E-state index contributed by atoms with van der Waals surface area (Å²) in [6, 6.07) is 3.87. The molecule has 0 saturated heterocycles. The van der Waals surface area contributed by atoms with Crippen molar-refractivity contribution in [3.63, 3.8) is 0 Å². The lowest BCUT2D eigenvalue weighted by Crippen LogP contribution is -2.34. The number of ketones is 1. The Hall–Kier alpha value is -1.95. The highest BCUT2D eigenvalue weighted by Gasteiger charge is 2.36. The van der Waals surface area contributed by atoms with E-state index in [9.17, 15) is 9.59 Å². The molecule has 20 heavy (non-hydrogen) atoms. The number of alkyl halides is 1. The van der Waals surface area contributed by atoms with Crippen molar-refractivity contribution in [1.29, 1.82) is 0 Å². The van der Waals surface area contributed by atoms with E-state index in [1.165, 1.54) is 0 Å². The number of rotatable bonds is 4. The summed E-state index contributed by atoms with van der Waals surface area (Å²) in [7, 11) is 0. The molecule has 2 N–H and O–H groups in total. The lowest BCUT2D eigenvalue weighted by atomic mass is 10.0. The molecule has 7 heteroatoms. The minimum absolute atomic E-state index is 0.307. The molecule has 0 aliphatic carbocycles. The van der Waals surface area contributed by atoms with E-state index in [2.05, 4.69) is 5.32 Å². The zero-order valence-electron chi connectivity index (χ0n) is 11.0. The smallest absolute Gasteiger partial charge is 0.405 e. The number of para-hydroxylation sites is 1. The SMILES string of the molecule is CC1(C)Oc2cccc(C(NC(=O)O)C(=O)CCl)c2O1. The van der Waals surface area contributed by atoms with Gasteiger partial charge in [-0.3, -0.25) is 4.79 Å². The van der Waals surface area contributed by atoms with Gasteiger partial charge >= 0.3 is 6.09 Å². The average Bonchev–Trinajstić information content (AvgIpc) is 2.68. The van der Waals surface area contributed by atoms with Crippen molar-refractivity contribution >= 4 is 23.5 Å². The van der Waals surface area contributed by atoms with E-state index in [0.717, 1.165) is 0 Å². The lowest BCUT2D eigenvalue weighted by Gasteiger charge is -2.19. The number of carbonyl (C=O) groups excluding carboxylic acids is 1. The van der Waals surface area contributed by atoms with Crippen molar-refractivity contribution in [1.82, 2.24) is 5.32 Å². The van der Waals surface area contributed by atoms with Crippen LogP contribution in [0.1, 0.15) is 25.5 Å². The first-order valence-electron chi connectivity index (χ1n) is 5.93. The number of fused-ring (bicyclic) bond motifs is 1. The molecule has 1 unspecified atom stereocenters. The molecule has 0 fully saturated rings. The molecule has 1 heterocycles. The van der Waals surface area contributed by atoms with E-state index in [4.69, 9.17) is 26.2 Å². The van der Waals surface area contributed by atoms with Gasteiger partial charge < -0.3 is 19.9 Å². The van der Waals surface area contributed by atoms with Crippen LogP contribution in [0.25, 0.3) is 0 Å². The predicted octanol–water partition coefficient (Wildman–Crippen LogP) is 2.31. The number of hydrogen-bond acceptors (Lipinski definition) is 4. The van der Waals surface area contributed by atoms with Crippen LogP contribution in [0.5, 0.6) is 11.5 Å². The van der Waals surface area contributed by atoms with Gasteiger partial charge in [-0.25, -0.2) is 4.79 Å². The summed E-state index contributed by atoms with van der Waals surface area (Å²) in [5.74, 6) is -0.813. The summed E-state index contributed by atoms with van der Waals surface area (Å²) in [6.07, 6.45) is -1.32. The van der Waals surface area contributed by atoms with Crippen LogP contribution in [-0.2, 0) is 4.79 Å². The molecular weight excluding hydrogens is 286 g/mol. The van der Waals surface area contributed by atoms with Gasteiger partial charge in [0, 0.05) is 19.4 Å². The number of hydrogen-bond donors (Lipinski definition) is 2. The van der Waals surface area contributed by atoms with Crippen molar-refractivity contribution in [2.75, 3.05) is 5.88 Å². The summed E-state index contributed by atoms with van der Waals surface area (Å²) in [6.45, 7) is 3.44. The highest BCUT2D eigenvalue weighted by atomic mass is 35.5. The number of amides is 1. The Labute approximate surface area is 120 Å². The predicted molar refractivity (Wildman–Crippen MR) is 71.4 cm³/mol. The second-order valence-electron chi connectivity index (χ2n) is 4.76. The zero-order chi connectivity index (χ0) is 14.9. The van der Waals surface area contributed by atoms with Gasteiger partial charge in [0.05, 0.1) is 5.88 Å². The van der Waals surface area contributed by atoms with Crippen LogP contribution in [-0.4, -0.2) is 28.7 Å². The van der Waals surface area contributed by atoms with Crippen molar-refractivity contribution in [3.05, 3.63) is 23.8 Å². The molecule has 1 aliphatic rings. The number of carbonyl (C=O) groups is 2. The second-order valence-corrected chi connectivity index (χ2v) is 5.03. The molecule has 1 amide bonds. The number of Topliss-reactive ketones (excluding diaryl/α,β-unsaturated/α-hetero) is 1. The molecule has 0 aromatic heterocycles. The van der Waals surface area contributed by atoms with Crippen LogP contribution >= 0.6 is 11.6 Å². The molecule has 1 aromatic carbocycles. The Balaban J connectivity index is 2.43. The average molecular weight is 300 g/mol. The molecule has 2 rings (SSSR count). The maximum atomic E-state index is 11.9. The van der Waals surface area contributed by atoms with E-state index in [1.54, 1.807) is 32.0 Å². The van der Waals surface area contributed by atoms with E-state index in [1.807, 2.05) is 0 Å². The van der Waals surface area contributed by atoms with Crippen LogP contribution in [0.2, 0.25) is 0 Å². The Morgan fingerprint density at radius 2 is 2.10 bits per heavy atom.